The molecule has 1 rings (SSSR count). The van der Waals surface area contributed by atoms with Crippen LogP contribution in [-0.2, 0) is 9.53 Å². The van der Waals surface area contributed by atoms with Crippen molar-refractivity contribution >= 4 is 11.7 Å². The third-order valence-corrected chi connectivity index (χ3v) is 2.08. The van der Waals surface area contributed by atoms with Gasteiger partial charge in [-0.05, 0) is 38.6 Å². The van der Waals surface area contributed by atoms with Crippen molar-refractivity contribution in [3.05, 3.63) is 24.3 Å². The molecule has 0 radical (unpaired) electrons. The number of nitrogens with zero attached hydrogens (tertiary/aromatic N) is 1. The van der Waals surface area contributed by atoms with Gasteiger partial charge in [0.25, 0.3) is 0 Å². The minimum absolute atomic E-state index is 0.308. The molecule has 0 aromatic carbocycles. The van der Waals surface area contributed by atoms with Crippen LogP contribution in [0.4, 0.5) is 0 Å². The summed E-state index contributed by atoms with van der Waals surface area (Å²) in [6.07, 6.45) is 8.88. The molecule has 0 aromatic heterocycles. The molecule has 1 N–H and O–H groups in total. The number of nitrogens with one attached hydrogen (secondary N) is 1. The summed E-state index contributed by atoms with van der Waals surface area (Å²) in [5, 5.41) is 2.99. The summed E-state index contributed by atoms with van der Waals surface area (Å²) in [5.74, 6) is -0.308. The van der Waals surface area contributed by atoms with Gasteiger partial charge in [0, 0.05) is 12.6 Å². The van der Waals surface area contributed by atoms with Gasteiger partial charge < -0.3 is 10.1 Å². The maximum absolute atomic E-state index is 11.2. The second-order valence-corrected chi connectivity index (χ2v) is 3.46. The van der Waals surface area contributed by atoms with Crippen molar-refractivity contribution in [2.24, 2.45) is 4.99 Å². The molecule has 0 bridgehead atoms. The summed E-state index contributed by atoms with van der Waals surface area (Å²) >= 11 is 0. The number of hydrogen-bond donors (Lipinski definition) is 1. The number of carbonyl (C=O) groups is 1. The van der Waals surface area contributed by atoms with E-state index >= 15 is 0 Å². The van der Waals surface area contributed by atoms with Crippen LogP contribution in [0.2, 0.25) is 0 Å². The Hall–Kier alpha value is -1.42. The number of hydrogen-bond acceptors (Lipinski definition) is 4. The van der Waals surface area contributed by atoms with E-state index in [1.165, 1.54) is 6.08 Å². The van der Waals surface area contributed by atoms with Gasteiger partial charge in [0.2, 0.25) is 0 Å². The van der Waals surface area contributed by atoms with E-state index in [0.29, 0.717) is 6.61 Å². The SMILES string of the molecule is CNCCCOC(=O)/C=C/C1=NCCC=C1. The lowest BCUT2D eigenvalue weighted by molar-refractivity contribution is -0.137. The smallest absolute Gasteiger partial charge is 0.330 e. The number of esters is 1. The average molecular weight is 222 g/mol. The van der Waals surface area contributed by atoms with E-state index in [1.54, 1.807) is 6.08 Å². The van der Waals surface area contributed by atoms with E-state index in [1.807, 2.05) is 19.2 Å². The lowest BCUT2D eigenvalue weighted by Crippen LogP contribution is -2.12. The third kappa shape index (κ3) is 5.46. The molecule has 1 aliphatic heterocycles. The molecule has 0 amide bonds. The molecule has 0 spiro atoms. The van der Waals surface area contributed by atoms with Gasteiger partial charge in [-0.1, -0.05) is 6.08 Å². The lowest BCUT2D eigenvalue weighted by atomic mass is 10.2. The van der Waals surface area contributed by atoms with Gasteiger partial charge in [-0.2, -0.15) is 0 Å². The van der Waals surface area contributed by atoms with Gasteiger partial charge in [-0.3, -0.25) is 4.99 Å². The largest absolute Gasteiger partial charge is 0.462 e. The minimum Gasteiger partial charge on any atom is -0.462 e. The maximum atomic E-state index is 11.2. The van der Waals surface area contributed by atoms with E-state index in [9.17, 15) is 4.79 Å². The van der Waals surface area contributed by atoms with Crippen LogP contribution in [0.25, 0.3) is 0 Å². The molecule has 0 atom stereocenters. The first kappa shape index (κ1) is 12.6. The predicted octanol–water partition coefficient (Wildman–Crippen LogP) is 1.10. The Balaban J connectivity index is 2.20. The molecule has 4 heteroatoms. The van der Waals surface area contributed by atoms with Gasteiger partial charge in [0.15, 0.2) is 0 Å². The van der Waals surface area contributed by atoms with Crippen molar-refractivity contribution < 1.29 is 9.53 Å². The quantitative estimate of drug-likeness (QED) is 0.416. The normalized spacial score (nSPS) is 15.2. The van der Waals surface area contributed by atoms with Crippen LogP contribution in [0.1, 0.15) is 12.8 Å². The van der Waals surface area contributed by atoms with Crippen LogP contribution in [0.5, 0.6) is 0 Å². The van der Waals surface area contributed by atoms with E-state index in [4.69, 9.17) is 4.74 Å². The van der Waals surface area contributed by atoms with Crippen LogP contribution >= 0.6 is 0 Å². The maximum Gasteiger partial charge on any atom is 0.330 e. The summed E-state index contributed by atoms with van der Waals surface area (Å²) in [4.78, 5) is 15.5. The summed E-state index contributed by atoms with van der Waals surface area (Å²) in [5.41, 5.74) is 0.832. The first-order chi connectivity index (χ1) is 7.83. The van der Waals surface area contributed by atoms with Gasteiger partial charge >= 0.3 is 5.97 Å². The van der Waals surface area contributed by atoms with Crippen molar-refractivity contribution in [3.8, 4) is 0 Å². The van der Waals surface area contributed by atoms with Crippen LogP contribution < -0.4 is 5.32 Å². The van der Waals surface area contributed by atoms with Crippen molar-refractivity contribution in [3.63, 3.8) is 0 Å². The van der Waals surface area contributed by atoms with Gasteiger partial charge in [0.05, 0.1) is 12.3 Å². The highest BCUT2D eigenvalue weighted by molar-refractivity contribution is 6.06. The zero-order chi connectivity index (χ0) is 11.6. The van der Waals surface area contributed by atoms with Crippen molar-refractivity contribution in [2.45, 2.75) is 12.8 Å². The zero-order valence-electron chi connectivity index (χ0n) is 9.61. The second kappa shape index (κ2) is 7.82. The van der Waals surface area contributed by atoms with Crippen LogP contribution in [0.15, 0.2) is 29.3 Å². The van der Waals surface area contributed by atoms with E-state index < -0.39 is 0 Å². The first-order valence-electron chi connectivity index (χ1n) is 5.53. The molecule has 0 saturated heterocycles. The number of dihydropyridines is 1. The average Bonchev–Trinajstić information content (AvgIpc) is 2.33. The predicted molar refractivity (Wildman–Crippen MR) is 64.7 cm³/mol. The Morgan fingerprint density at radius 2 is 2.56 bits per heavy atom. The fourth-order valence-corrected chi connectivity index (χ4v) is 1.26. The fraction of sp³-hybridized carbons (Fsp3) is 0.500. The van der Waals surface area contributed by atoms with Gasteiger partial charge in [0.1, 0.15) is 0 Å². The highest BCUT2D eigenvalue weighted by Crippen LogP contribution is 1.97. The van der Waals surface area contributed by atoms with Crippen molar-refractivity contribution in [1.29, 1.82) is 0 Å². The summed E-state index contributed by atoms with van der Waals surface area (Å²) < 4.78 is 4.99. The molecular formula is C12H18N2O2. The van der Waals surface area contributed by atoms with Gasteiger partial charge in [-0.15, -0.1) is 0 Å². The lowest BCUT2D eigenvalue weighted by Gasteiger charge is -2.02. The Morgan fingerprint density at radius 3 is 3.25 bits per heavy atom. The van der Waals surface area contributed by atoms with Crippen LogP contribution in [0.3, 0.4) is 0 Å². The molecular weight excluding hydrogens is 204 g/mol. The zero-order valence-corrected chi connectivity index (χ0v) is 9.61. The fourth-order valence-electron chi connectivity index (χ4n) is 1.26. The van der Waals surface area contributed by atoms with E-state index in [-0.39, 0.29) is 5.97 Å². The number of ether oxygens (including phenoxy) is 1. The second-order valence-electron chi connectivity index (χ2n) is 3.46. The molecule has 0 fully saturated rings. The summed E-state index contributed by atoms with van der Waals surface area (Å²) in [6, 6.07) is 0. The molecule has 88 valence electrons. The van der Waals surface area contributed by atoms with Crippen molar-refractivity contribution in [1.82, 2.24) is 5.32 Å². The Kier molecular flexibility index (Phi) is 6.18. The molecule has 1 aliphatic rings. The highest BCUT2D eigenvalue weighted by atomic mass is 16.5. The van der Waals surface area contributed by atoms with Crippen LogP contribution in [-0.4, -0.2) is 38.4 Å². The first-order valence-corrected chi connectivity index (χ1v) is 5.53. The molecule has 1 heterocycles. The van der Waals surface area contributed by atoms with Gasteiger partial charge in [-0.25, -0.2) is 4.79 Å². The number of rotatable bonds is 6. The minimum atomic E-state index is -0.308. The number of aliphatic imine (C=N–C) groups is 1. The van der Waals surface area contributed by atoms with Crippen LogP contribution in [0, 0.1) is 0 Å². The van der Waals surface area contributed by atoms with E-state index in [0.717, 1.165) is 31.6 Å². The topological polar surface area (TPSA) is 50.7 Å². The highest BCUT2D eigenvalue weighted by Gasteiger charge is 1.98. The Labute approximate surface area is 96.1 Å². The number of allylic oxidation sites excluding steroid dienone is 2. The number of carbonyl (C=O) groups excluding carboxylic acids is 1. The molecule has 0 aliphatic carbocycles. The third-order valence-electron chi connectivity index (χ3n) is 2.08. The Morgan fingerprint density at radius 1 is 1.69 bits per heavy atom. The standard InChI is InChI=1S/C12H18N2O2/c1-13-8-4-10-16-12(15)7-6-11-5-2-3-9-14-11/h2,5-7,13H,3-4,8-10H2,1H3/b7-6+. The van der Waals surface area contributed by atoms with Crippen molar-refractivity contribution in [2.75, 3.05) is 26.7 Å². The summed E-state index contributed by atoms with van der Waals surface area (Å²) in [6.45, 7) is 2.10. The van der Waals surface area contributed by atoms with E-state index in [2.05, 4.69) is 10.3 Å². The molecule has 0 unspecified atom stereocenters. The molecule has 0 aromatic rings. The molecule has 4 nitrogen and oxygen atoms in total. The summed E-state index contributed by atoms with van der Waals surface area (Å²) in [7, 11) is 1.87. The molecule has 0 saturated carbocycles. The monoisotopic (exact) mass is 222 g/mol. The molecule has 16 heavy (non-hydrogen) atoms. The Bertz CT molecular complexity index is 306.